The van der Waals surface area contributed by atoms with Crippen molar-refractivity contribution >= 4 is 23.4 Å². The predicted molar refractivity (Wildman–Crippen MR) is 93.6 cm³/mol. The Morgan fingerprint density at radius 2 is 1.96 bits per heavy atom. The molecule has 0 radical (unpaired) electrons. The van der Waals surface area contributed by atoms with E-state index in [2.05, 4.69) is 25.7 Å². The highest BCUT2D eigenvalue weighted by atomic mass is 19.2. The second-order valence-corrected chi connectivity index (χ2v) is 5.85. The summed E-state index contributed by atoms with van der Waals surface area (Å²) in [6.07, 6.45) is 4.34. The van der Waals surface area contributed by atoms with Gasteiger partial charge in [0.1, 0.15) is 18.2 Å². The molecule has 8 nitrogen and oxygen atoms in total. The molecule has 0 unspecified atom stereocenters. The molecular weight excluding hydrogens is 377 g/mol. The number of carboxylic acids is 1. The molecule has 0 bridgehead atoms. The van der Waals surface area contributed by atoms with Gasteiger partial charge in [0.25, 0.3) is 0 Å². The molecule has 2 aromatic heterocycles. The molecule has 0 fully saturated rings. The van der Waals surface area contributed by atoms with Gasteiger partial charge in [-0.1, -0.05) is 0 Å². The van der Waals surface area contributed by atoms with Crippen LogP contribution in [-0.2, 0) is 17.9 Å². The Hall–Kier alpha value is -3.63. The number of aromatic nitrogens is 4. The van der Waals surface area contributed by atoms with Gasteiger partial charge in [0.2, 0.25) is 5.95 Å². The van der Waals surface area contributed by atoms with Crippen molar-refractivity contribution in [2.24, 2.45) is 0 Å². The fourth-order valence-corrected chi connectivity index (χ4v) is 2.37. The first-order valence-corrected chi connectivity index (χ1v) is 8.04. The number of nitrogens with zero attached hydrogens (tertiary/aromatic N) is 4. The van der Waals surface area contributed by atoms with Crippen molar-refractivity contribution in [3.8, 4) is 0 Å². The summed E-state index contributed by atoms with van der Waals surface area (Å²) < 4.78 is 42.0. The number of aliphatic carboxylic acids is 1. The largest absolute Gasteiger partial charge is 0.480 e. The van der Waals surface area contributed by atoms with Crippen molar-refractivity contribution in [2.45, 2.75) is 20.0 Å². The van der Waals surface area contributed by atoms with E-state index in [1.165, 1.54) is 23.3 Å². The summed E-state index contributed by atoms with van der Waals surface area (Å²) >= 11 is 0. The van der Waals surface area contributed by atoms with Crippen molar-refractivity contribution in [1.82, 2.24) is 19.7 Å². The molecule has 3 aromatic rings. The first kappa shape index (κ1) is 19.1. The van der Waals surface area contributed by atoms with Gasteiger partial charge in [0.15, 0.2) is 11.6 Å². The van der Waals surface area contributed by atoms with E-state index in [0.717, 1.165) is 12.1 Å². The van der Waals surface area contributed by atoms with Crippen molar-refractivity contribution < 1.29 is 23.1 Å². The van der Waals surface area contributed by atoms with E-state index < -0.39 is 29.0 Å². The fourth-order valence-electron chi connectivity index (χ4n) is 2.37. The predicted octanol–water partition coefficient (Wildman–Crippen LogP) is 2.84. The number of anilines is 3. The van der Waals surface area contributed by atoms with Crippen LogP contribution in [0.3, 0.4) is 0 Å². The standard InChI is InChI=1S/C17H15F3N6O2/c1-9-4-22-17(24-10-5-23-26(7-10)8-14(27)28)25-16(9)21-6-11-12(18)2-3-13(19)15(11)20/h2-5,7H,6,8H2,1H3,(H,27,28)(H2,21,22,24,25). The van der Waals surface area contributed by atoms with Crippen molar-refractivity contribution in [3.63, 3.8) is 0 Å². The monoisotopic (exact) mass is 392 g/mol. The van der Waals surface area contributed by atoms with Gasteiger partial charge < -0.3 is 15.7 Å². The van der Waals surface area contributed by atoms with Crippen LogP contribution in [0.4, 0.5) is 30.6 Å². The summed E-state index contributed by atoms with van der Waals surface area (Å²) in [4.78, 5) is 19.0. The molecule has 0 spiro atoms. The van der Waals surface area contributed by atoms with E-state index in [9.17, 15) is 18.0 Å². The first-order valence-electron chi connectivity index (χ1n) is 8.04. The molecule has 28 heavy (non-hydrogen) atoms. The van der Waals surface area contributed by atoms with Gasteiger partial charge in [0, 0.05) is 30.1 Å². The van der Waals surface area contributed by atoms with Gasteiger partial charge in [-0.3, -0.25) is 9.48 Å². The maximum Gasteiger partial charge on any atom is 0.325 e. The van der Waals surface area contributed by atoms with E-state index >= 15 is 0 Å². The van der Waals surface area contributed by atoms with Crippen LogP contribution in [-0.4, -0.2) is 30.8 Å². The average Bonchev–Trinajstić information content (AvgIpc) is 3.07. The van der Waals surface area contributed by atoms with Crippen LogP contribution >= 0.6 is 0 Å². The number of halogens is 3. The molecule has 146 valence electrons. The Morgan fingerprint density at radius 1 is 1.21 bits per heavy atom. The quantitative estimate of drug-likeness (QED) is 0.531. The van der Waals surface area contributed by atoms with Gasteiger partial charge in [-0.15, -0.1) is 0 Å². The number of hydrogen-bond acceptors (Lipinski definition) is 6. The Bertz CT molecular complexity index is 1020. The Morgan fingerprint density at radius 3 is 2.71 bits per heavy atom. The van der Waals surface area contributed by atoms with Crippen molar-refractivity contribution in [3.05, 3.63) is 59.3 Å². The lowest BCUT2D eigenvalue weighted by molar-refractivity contribution is -0.137. The van der Waals surface area contributed by atoms with Crippen molar-refractivity contribution in [1.29, 1.82) is 0 Å². The van der Waals surface area contributed by atoms with Crippen molar-refractivity contribution in [2.75, 3.05) is 10.6 Å². The molecule has 3 N–H and O–H groups in total. The Kier molecular flexibility index (Phi) is 5.43. The maximum absolute atomic E-state index is 13.8. The van der Waals surface area contributed by atoms with Crippen LogP contribution in [0.5, 0.6) is 0 Å². The van der Waals surface area contributed by atoms with Gasteiger partial charge >= 0.3 is 5.97 Å². The Labute approximate surface area is 157 Å². The molecule has 0 aliphatic rings. The van der Waals surface area contributed by atoms with Crippen LogP contribution in [0.1, 0.15) is 11.1 Å². The zero-order valence-electron chi connectivity index (χ0n) is 14.6. The van der Waals surface area contributed by atoms with Crippen LogP contribution < -0.4 is 10.6 Å². The molecule has 0 aliphatic carbocycles. The molecule has 2 heterocycles. The summed E-state index contributed by atoms with van der Waals surface area (Å²) in [6, 6.07) is 1.57. The third-order valence-corrected chi connectivity index (χ3v) is 3.73. The lowest BCUT2D eigenvalue weighted by atomic mass is 10.2. The summed E-state index contributed by atoms with van der Waals surface area (Å²) in [5.41, 5.74) is 0.616. The van der Waals surface area contributed by atoms with Gasteiger partial charge in [0.05, 0.1) is 11.9 Å². The second kappa shape index (κ2) is 7.94. The fraction of sp³-hybridized carbons (Fsp3) is 0.176. The highest BCUT2D eigenvalue weighted by molar-refractivity contribution is 5.66. The second-order valence-electron chi connectivity index (χ2n) is 5.85. The minimum Gasteiger partial charge on any atom is -0.480 e. The minimum absolute atomic E-state index is 0.156. The van der Waals surface area contributed by atoms with Gasteiger partial charge in [-0.2, -0.15) is 10.1 Å². The van der Waals surface area contributed by atoms with E-state index in [0.29, 0.717) is 17.1 Å². The number of rotatable bonds is 7. The Balaban J connectivity index is 1.74. The number of aryl methyl sites for hydroxylation is 1. The minimum atomic E-state index is -1.26. The van der Waals surface area contributed by atoms with Crippen LogP contribution in [0.25, 0.3) is 0 Å². The lowest BCUT2D eigenvalue weighted by Gasteiger charge is -2.11. The molecule has 0 saturated heterocycles. The van der Waals surface area contributed by atoms with E-state index in [1.54, 1.807) is 6.92 Å². The first-order chi connectivity index (χ1) is 13.3. The number of hydrogen-bond donors (Lipinski definition) is 3. The highest BCUT2D eigenvalue weighted by Crippen LogP contribution is 2.20. The number of carbonyl (C=O) groups is 1. The third kappa shape index (κ3) is 4.37. The highest BCUT2D eigenvalue weighted by Gasteiger charge is 2.14. The van der Waals surface area contributed by atoms with E-state index in [4.69, 9.17) is 5.11 Å². The molecule has 1 aromatic carbocycles. The molecule has 11 heteroatoms. The molecule has 0 saturated carbocycles. The number of carboxylic acid groups (broad SMARTS) is 1. The SMILES string of the molecule is Cc1cnc(Nc2cnn(CC(=O)O)c2)nc1NCc1c(F)ccc(F)c1F. The van der Waals surface area contributed by atoms with Gasteiger partial charge in [-0.05, 0) is 19.1 Å². The summed E-state index contributed by atoms with van der Waals surface area (Å²) in [7, 11) is 0. The zero-order chi connectivity index (χ0) is 20.3. The summed E-state index contributed by atoms with van der Waals surface area (Å²) in [5.74, 6) is -3.87. The van der Waals surface area contributed by atoms with Crippen LogP contribution in [0.15, 0.2) is 30.7 Å². The molecule has 0 atom stereocenters. The molecule has 3 rings (SSSR count). The topological polar surface area (TPSA) is 105 Å². The number of benzene rings is 1. The smallest absolute Gasteiger partial charge is 0.325 e. The van der Waals surface area contributed by atoms with E-state index in [-0.39, 0.29) is 19.0 Å². The zero-order valence-corrected chi connectivity index (χ0v) is 14.6. The molecular formula is C17H15F3N6O2. The van der Waals surface area contributed by atoms with Gasteiger partial charge in [-0.25, -0.2) is 18.2 Å². The van der Waals surface area contributed by atoms with Crippen LogP contribution in [0, 0.1) is 24.4 Å². The lowest BCUT2D eigenvalue weighted by Crippen LogP contribution is -2.10. The normalized spacial score (nSPS) is 10.7. The van der Waals surface area contributed by atoms with E-state index in [1.807, 2.05) is 0 Å². The maximum atomic E-state index is 13.8. The molecule has 0 aliphatic heterocycles. The summed E-state index contributed by atoms with van der Waals surface area (Å²) in [5, 5.41) is 18.2. The average molecular weight is 392 g/mol. The molecule has 0 amide bonds. The number of nitrogens with one attached hydrogen (secondary N) is 2. The third-order valence-electron chi connectivity index (χ3n) is 3.73. The summed E-state index contributed by atoms with van der Waals surface area (Å²) in [6.45, 7) is 1.08. The van der Waals surface area contributed by atoms with Crippen LogP contribution in [0.2, 0.25) is 0 Å².